The molecule has 0 aliphatic heterocycles. The van der Waals surface area contributed by atoms with Crippen molar-refractivity contribution in [3.8, 4) is 5.75 Å². The van der Waals surface area contributed by atoms with Crippen molar-refractivity contribution in [2.45, 2.75) is 33.6 Å². The van der Waals surface area contributed by atoms with Crippen LogP contribution in [0.15, 0.2) is 27.8 Å². The van der Waals surface area contributed by atoms with Crippen LogP contribution >= 0.6 is 0 Å². The Hall–Kier alpha value is -3.36. The summed E-state index contributed by atoms with van der Waals surface area (Å²) in [5.74, 6) is 0.292. The van der Waals surface area contributed by atoms with Crippen LogP contribution in [0.3, 0.4) is 0 Å². The van der Waals surface area contributed by atoms with E-state index in [4.69, 9.17) is 9.15 Å². The number of carbonyl (C=O) groups is 1. The first-order chi connectivity index (χ1) is 13.2. The van der Waals surface area contributed by atoms with Crippen molar-refractivity contribution in [2.24, 2.45) is 10.6 Å². The number of carbonyl (C=O) groups excluding carboxylic acids is 1. The van der Waals surface area contributed by atoms with E-state index in [1.54, 1.807) is 6.92 Å². The van der Waals surface area contributed by atoms with Gasteiger partial charge in [-0.15, -0.1) is 0 Å². The quantitative estimate of drug-likeness (QED) is 0.465. The fraction of sp³-hybridized carbons (Fsp3) is 0.368. The molecule has 0 bridgehead atoms. The number of anilines is 1. The number of nitrogens with zero attached hydrogens (tertiary/aromatic N) is 2. The average Bonchev–Trinajstić information content (AvgIpc) is 2.96. The van der Waals surface area contributed by atoms with Gasteiger partial charge in [0.1, 0.15) is 17.2 Å². The van der Waals surface area contributed by atoms with Crippen molar-refractivity contribution in [1.29, 1.82) is 0 Å². The van der Waals surface area contributed by atoms with Crippen LogP contribution < -0.4 is 10.1 Å². The number of benzene rings is 1. The molecule has 1 aromatic heterocycles. The highest BCUT2D eigenvalue weighted by Gasteiger charge is 2.36. The Labute approximate surface area is 161 Å². The molecule has 1 aliphatic rings. The van der Waals surface area contributed by atoms with Gasteiger partial charge in [0, 0.05) is 17.5 Å². The van der Waals surface area contributed by atoms with Crippen molar-refractivity contribution in [3.05, 3.63) is 51.0 Å². The van der Waals surface area contributed by atoms with E-state index in [1.807, 2.05) is 13.8 Å². The predicted octanol–water partition coefficient (Wildman–Crippen LogP) is 3.91. The number of methoxy groups -OCH3 is 1. The van der Waals surface area contributed by atoms with Gasteiger partial charge in [0.2, 0.25) is 0 Å². The molecule has 28 heavy (non-hydrogen) atoms. The van der Waals surface area contributed by atoms with E-state index in [2.05, 4.69) is 10.5 Å². The largest absolute Gasteiger partial charge is 0.496 e. The van der Waals surface area contributed by atoms with Crippen LogP contribution in [-0.4, -0.2) is 28.9 Å². The van der Waals surface area contributed by atoms with Crippen molar-refractivity contribution in [3.63, 3.8) is 0 Å². The van der Waals surface area contributed by atoms with E-state index in [0.29, 0.717) is 41.2 Å². The van der Waals surface area contributed by atoms with Gasteiger partial charge in [-0.2, -0.15) is 0 Å². The minimum absolute atomic E-state index is 0.0287. The summed E-state index contributed by atoms with van der Waals surface area (Å²) in [7, 11) is 1.40. The summed E-state index contributed by atoms with van der Waals surface area (Å²) in [6.07, 6.45) is 1.13. The van der Waals surface area contributed by atoms with Crippen molar-refractivity contribution in [1.82, 2.24) is 0 Å². The highest BCUT2D eigenvalue weighted by atomic mass is 16.6. The van der Waals surface area contributed by atoms with Crippen LogP contribution in [0.4, 0.5) is 11.4 Å². The monoisotopic (exact) mass is 387 g/mol. The van der Waals surface area contributed by atoms with Gasteiger partial charge in [0.15, 0.2) is 5.76 Å². The summed E-state index contributed by atoms with van der Waals surface area (Å²) in [6.45, 7) is 5.72. The van der Waals surface area contributed by atoms with Gasteiger partial charge in [-0.1, -0.05) is 19.0 Å². The van der Waals surface area contributed by atoms with Gasteiger partial charge in [-0.25, -0.2) is 0 Å². The second-order valence-electron chi connectivity index (χ2n) is 7.51. The number of fused-ring (bicyclic) bond motifs is 1. The lowest BCUT2D eigenvalue weighted by atomic mass is 9.75. The summed E-state index contributed by atoms with van der Waals surface area (Å²) in [5, 5.41) is 26.6. The number of ether oxygens (including phenoxy) is 1. The van der Waals surface area contributed by atoms with Gasteiger partial charge in [-0.05, 0) is 30.9 Å². The zero-order valence-electron chi connectivity index (χ0n) is 16.0. The van der Waals surface area contributed by atoms with Crippen molar-refractivity contribution in [2.75, 3.05) is 12.4 Å². The number of nitrogens with one attached hydrogen (secondary N) is 1. The minimum atomic E-state index is -0.615. The molecule has 9 nitrogen and oxygen atoms in total. The average molecular weight is 387 g/mol. The molecule has 3 rings (SSSR count). The number of nitro groups is 1. The van der Waals surface area contributed by atoms with Crippen LogP contribution in [0.2, 0.25) is 0 Å². The molecule has 2 aromatic rings. The molecule has 1 amide bonds. The van der Waals surface area contributed by atoms with E-state index >= 15 is 0 Å². The molecule has 0 fully saturated rings. The molecule has 0 radical (unpaired) electrons. The molecule has 1 aliphatic carbocycles. The SMILES string of the molecule is COc1ccc(NC(=O)c2oc3c(c2C)/C(=N\O)CC(C)(C)C3)c([N+](=O)[O-])c1. The van der Waals surface area contributed by atoms with Crippen LogP contribution in [0, 0.1) is 22.5 Å². The van der Waals surface area contributed by atoms with E-state index in [0.717, 1.165) is 0 Å². The van der Waals surface area contributed by atoms with Crippen LogP contribution in [0.5, 0.6) is 5.75 Å². The third kappa shape index (κ3) is 3.42. The van der Waals surface area contributed by atoms with Gasteiger partial charge in [0.25, 0.3) is 11.6 Å². The second kappa shape index (κ2) is 6.99. The Morgan fingerprint density at radius 1 is 1.39 bits per heavy atom. The fourth-order valence-electron chi connectivity index (χ4n) is 3.49. The standard InChI is InChI=1S/C19H21N3O6/c1-10-16-13(21-24)8-19(2,3)9-15(16)28-17(10)18(23)20-12-6-5-11(27-4)7-14(12)22(25)26/h5-7,24H,8-9H2,1-4H3,(H,20,23)/b21-13-. The normalized spacial score (nSPS) is 16.5. The Morgan fingerprint density at radius 3 is 2.71 bits per heavy atom. The Bertz CT molecular complexity index is 990. The lowest BCUT2D eigenvalue weighted by Crippen LogP contribution is -2.27. The smallest absolute Gasteiger partial charge is 0.296 e. The van der Waals surface area contributed by atoms with E-state index in [1.165, 1.54) is 25.3 Å². The highest BCUT2D eigenvalue weighted by molar-refractivity contribution is 6.09. The first kappa shape index (κ1) is 19.4. The molecule has 9 heteroatoms. The van der Waals surface area contributed by atoms with E-state index in [9.17, 15) is 20.1 Å². The van der Waals surface area contributed by atoms with Crippen LogP contribution in [0.25, 0.3) is 0 Å². The summed E-state index contributed by atoms with van der Waals surface area (Å²) >= 11 is 0. The first-order valence-corrected chi connectivity index (χ1v) is 8.64. The molecule has 0 unspecified atom stereocenters. The zero-order valence-corrected chi connectivity index (χ0v) is 16.0. The Morgan fingerprint density at radius 2 is 2.11 bits per heavy atom. The topological polar surface area (TPSA) is 127 Å². The zero-order chi connectivity index (χ0) is 20.6. The third-order valence-corrected chi connectivity index (χ3v) is 4.77. The van der Waals surface area contributed by atoms with Gasteiger partial charge in [0.05, 0.1) is 23.8 Å². The Balaban J connectivity index is 1.98. The maximum absolute atomic E-state index is 12.8. The van der Waals surface area contributed by atoms with Crippen LogP contribution in [-0.2, 0) is 6.42 Å². The molecule has 0 saturated carbocycles. The second-order valence-corrected chi connectivity index (χ2v) is 7.51. The summed E-state index contributed by atoms with van der Waals surface area (Å²) in [4.78, 5) is 23.5. The lowest BCUT2D eigenvalue weighted by Gasteiger charge is -2.28. The molecule has 1 heterocycles. The molecule has 0 saturated heterocycles. The Kier molecular flexibility index (Phi) is 4.84. The maximum Gasteiger partial charge on any atom is 0.296 e. The number of hydrogen-bond acceptors (Lipinski definition) is 7. The third-order valence-electron chi connectivity index (χ3n) is 4.77. The molecule has 1 aromatic carbocycles. The summed E-state index contributed by atoms with van der Waals surface area (Å²) in [5.41, 5.74) is 1.17. The van der Waals surface area contributed by atoms with Crippen LogP contribution in [0.1, 0.15) is 47.7 Å². The predicted molar refractivity (Wildman–Crippen MR) is 101 cm³/mol. The molecular formula is C19H21N3O6. The molecule has 148 valence electrons. The molecule has 0 atom stereocenters. The van der Waals surface area contributed by atoms with Gasteiger partial charge < -0.3 is 19.7 Å². The minimum Gasteiger partial charge on any atom is -0.496 e. The summed E-state index contributed by atoms with van der Waals surface area (Å²) < 4.78 is 10.8. The number of hydrogen-bond donors (Lipinski definition) is 2. The number of furan rings is 1. The van der Waals surface area contributed by atoms with Gasteiger partial charge >= 0.3 is 0 Å². The van der Waals surface area contributed by atoms with Crippen molar-refractivity contribution >= 4 is 23.0 Å². The number of amides is 1. The van der Waals surface area contributed by atoms with Crippen molar-refractivity contribution < 1.29 is 24.1 Å². The fourth-order valence-corrected chi connectivity index (χ4v) is 3.49. The number of rotatable bonds is 4. The van der Waals surface area contributed by atoms with E-state index in [-0.39, 0.29) is 22.6 Å². The van der Waals surface area contributed by atoms with E-state index < -0.39 is 10.8 Å². The summed E-state index contributed by atoms with van der Waals surface area (Å²) in [6, 6.07) is 4.15. The maximum atomic E-state index is 12.8. The lowest BCUT2D eigenvalue weighted by molar-refractivity contribution is -0.384. The molecule has 0 spiro atoms. The molecular weight excluding hydrogens is 366 g/mol. The number of nitro benzene ring substituents is 1. The number of oxime groups is 1. The first-order valence-electron chi connectivity index (χ1n) is 8.64. The highest BCUT2D eigenvalue weighted by Crippen LogP contribution is 2.39. The van der Waals surface area contributed by atoms with Gasteiger partial charge in [-0.3, -0.25) is 14.9 Å². The molecule has 2 N–H and O–H groups in total.